The maximum absolute atomic E-state index is 12.2. The topological polar surface area (TPSA) is 65.1 Å². The van der Waals surface area contributed by atoms with Crippen LogP contribution in [-0.4, -0.2) is 51.3 Å². The number of carbonyl (C=O) groups is 2. The van der Waals surface area contributed by atoms with Gasteiger partial charge in [0.05, 0.1) is 37.9 Å². The van der Waals surface area contributed by atoms with Crippen LogP contribution in [0.1, 0.15) is 10.8 Å². The summed E-state index contributed by atoms with van der Waals surface area (Å²) in [5.74, 6) is -1.44. The van der Waals surface area contributed by atoms with Crippen molar-refractivity contribution in [3.63, 3.8) is 0 Å². The Morgan fingerprint density at radius 2 is 1.74 bits per heavy atom. The van der Waals surface area contributed by atoms with Crippen LogP contribution in [0.4, 0.5) is 0 Å². The van der Waals surface area contributed by atoms with Crippen molar-refractivity contribution in [1.82, 2.24) is 4.90 Å². The Kier molecular flexibility index (Phi) is 5.95. The third-order valence-corrected chi connectivity index (χ3v) is 4.39. The van der Waals surface area contributed by atoms with E-state index >= 15 is 0 Å². The number of methoxy groups -OCH3 is 3. The Morgan fingerprint density at radius 1 is 1.13 bits per heavy atom. The molecule has 1 aliphatic rings. The number of hydrogen-bond acceptors (Lipinski definition) is 7. The molecule has 0 spiro atoms. The summed E-state index contributed by atoms with van der Waals surface area (Å²) in [6.07, 6.45) is 3.39. The lowest BCUT2D eigenvalue weighted by Crippen LogP contribution is -2.29. The van der Waals surface area contributed by atoms with Crippen molar-refractivity contribution in [2.45, 2.75) is 5.92 Å². The molecule has 1 aromatic rings. The van der Waals surface area contributed by atoms with E-state index in [-0.39, 0.29) is 0 Å². The number of rotatable bonds is 6. The minimum absolute atomic E-state index is 0.397. The van der Waals surface area contributed by atoms with Crippen LogP contribution in [0.25, 0.3) is 0 Å². The van der Waals surface area contributed by atoms with Crippen molar-refractivity contribution in [3.05, 3.63) is 45.9 Å². The van der Waals surface area contributed by atoms with Gasteiger partial charge < -0.3 is 19.1 Å². The number of carbonyl (C=O) groups excluding carboxylic acids is 2. The van der Waals surface area contributed by atoms with Gasteiger partial charge in [-0.1, -0.05) is 6.07 Å². The molecule has 23 heavy (non-hydrogen) atoms. The van der Waals surface area contributed by atoms with Gasteiger partial charge in [0.25, 0.3) is 0 Å². The van der Waals surface area contributed by atoms with E-state index in [0.29, 0.717) is 24.3 Å². The van der Waals surface area contributed by atoms with Gasteiger partial charge in [-0.05, 0) is 11.4 Å². The SMILES string of the molecule is COCCN1C=C(C(=O)OC)C(c2cccs2)C(C(=O)OC)=C1. The molecule has 1 aromatic heterocycles. The fourth-order valence-corrected chi connectivity index (χ4v) is 3.24. The van der Waals surface area contributed by atoms with Crippen LogP contribution >= 0.6 is 11.3 Å². The third kappa shape index (κ3) is 3.80. The van der Waals surface area contributed by atoms with Crippen molar-refractivity contribution in [2.75, 3.05) is 34.5 Å². The number of hydrogen-bond donors (Lipinski definition) is 0. The molecular formula is C16H19NO5S. The summed E-state index contributed by atoms with van der Waals surface area (Å²) in [6, 6.07) is 3.76. The first-order valence-corrected chi connectivity index (χ1v) is 7.88. The van der Waals surface area contributed by atoms with Crippen molar-refractivity contribution in [2.24, 2.45) is 0 Å². The summed E-state index contributed by atoms with van der Waals surface area (Å²) in [7, 11) is 4.24. The zero-order chi connectivity index (χ0) is 16.8. The van der Waals surface area contributed by atoms with E-state index in [1.54, 1.807) is 24.4 Å². The minimum Gasteiger partial charge on any atom is -0.466 e. The lowest BCUT2D eigenvalue weighted by Gasteiger charge is -2.29. The lowest BCUT2D eigenvalue weighted by molar-refractivity contribution is -0.137. The molecule has 1 aliphatic heterocycles. The normalized spacial score (nSPS) is 15.0. The molecule has 0 amide bonds. The summed E-state index contributed by atoms with van der Waals surface area (Å²) in [5, 5.41) is 1.90. The summed E-state index contributed by atoms with van der Waals surface area (Å²) < 4.78 is 14.8. The Hall–Kier alpha value is -2.12. The molecule has 0 radical (unpaired) electrons. The first-order valence-electron chi connectivity index (χ1n) is 7.00. The molecule has 0 saturated heterocycles. The van der Waals surface area contributed by atoms with Gasteiger partial charge in [0.15, 0.2) is 0 Å². The average Bonchev–Trinajstić information content (AvgIpc) is 3.11. The summed E-state index contributed by atoms with van der Waals surface area (Å²) >= 11 is 1.47. The molecule has 0 unspecified atom stereocenters. The Bertz CT molecular complexity index is 586. The van der Waals surface area contributed by atoms with E-state index in [1.165, 1.54) is 25.6 Å². The van der Waals surface area contributed by atoms with Gasteiger partial charge in [0, 0.05) is 30.9 Å². The smallest absolute Gasteiger partial charge is 0.336 e. The van der Waals surface area contributed by atoms with Crippen LogP contribution < -0.4 is 0 Å². The first kappa shape index (κ1) is 17.2. The van der Waals surface area contributed by atoms with Crippen LogP contribution in [0, 0.1) is 0 Å². The number of ether oxygens (including phenoxy) is 3. The lowest BCUT2D eigenvalue weighted by atomic mass is 9.88. The molecular weight excluding hydrogens is 318 g/mol. The molecule has 0 fully saturated rings. The molecule has 124 valence electrons. The van der Waals surface area contributed by atoms with E-state index in [4.69, 9.17) is 14.2 Å². The molecule has 0 aliphatic carbocycles. The predicted molar refractivity (Wildman–Crippen MR) is 85.8 cm³/mol. The second kappa shape index (κ2) is 7.94. The largest absolute Gasteiger partial charge is 0.466 e. The van der Waals surface area contributed by atoms with Crippen LogP contribution in [0.5, 0.6) is 0 Å². The molecule has 6 nitrogen and oxygen atoms in total. The van der Waals surface area contributed by atoms with E-state index < -0.39 is 17.9 Å². The second-order valence-corrected chi connectivity index (χ2v) is 5.81. The quantitative estimate of drug-likeness (QED) is 0.739. The van der Waals surface area contributed by atoms with Gasteiger partial charge in [-0.15, -0.1) is 11.3 Å². The van der Waals surface area contributed by atoms with E-state index in [2.05, 4.69) is 0 Å². The van der Waals surface area contributed by atoms with E-state index in [1.807, 2.05) is 17.5 Å². The van der Waals surface area contributed by atoms with Crippen LogP contribution in [-0.2, 0) is 23.8 Å². The zero-order valence-electron chi connectivity index (χ0n) is 13.3. The highest BCUT2D eigenvalue weighted by atomic mass is 32.1. The third-order valence-electron chi connectivity index (χ3n) is 3.46. The minimum atomic E-state index is -0.492. The maximum Gasteiger partial charge on any atom is 0.336 e. The van der Waals surface area contributed by atoms with Gasteiger partial charge >= 0.3 is 11.9 Å². The van der Waals surface area contributed by atoms with E-state index in [9.17, 15) is 9.59 Å². The highest BCUT2D eigenvalue weighted by Crippen LogP contribution is 2.38. The predicted octanol–water partition coefficient (Wildman–Crippen LogP) is 1.91. The van der Waals surface area contributed by atoms with E-state index in [0.717, 1.165) is 4.88 Å². The first-order chi connectivity index (χ1) is 11.1. The van der Waals surface area contributed by atoms with Crippen LogP contribution in [0.2, 0.25) is 0 Å². The second-order valence-electron chi connectivity index (χ2n) is 4.83. The molecule has 0 aromatic carbocycles. The highest BCUT2D eigenvalue weighted by Gasteiger charge is 2.35. The van der Waals surface area contributed by atoms with Crippen molar-refractivity contribution in [3.8, 4) is 0 Å². The molecule has 0 bridgehead atoms. The number of esters is 2. The number of thiophene rings is 1. The van der Waals surface area contributed by atoms with Gasteiger partial charge in [-0.25, -0.2) is 9.59 Å². The molecule has 7 heteroatoms. The van der Waals surface area contributed by atoms with Crippen LogP contribution in [0.15, 0.2) is 41.1 Å². The standard InChI is InChI=1S/C16H19NO5S/c1-20-7-6-17-9-11(15(18)21-2)14(13-5-4-8-23-13)12(10-17)16(19)22-3/h4-5,8-10,14H,6-7H2,1-3H3. The maximum atomic E-state index is 12.2. The van der Waals surface area contributed by atoms with Gasteiger partial charge in [-0.2, -0.15) is 0 Å². The fourth-order valence-electron chi connectivity index (χ4n) is 2.38. The summed E-state index contributed by atoms with van der Waals surface area (Å²) in [5.41, 5.74) is 0.794. The Morgan fingerprint density at radius 3 is 2.17 bits per heavy atom. The zero-order valence-corrected chi connectivity index (χ0v) is 14.1. The molecule has 0 atom stereocenters. The summed E-state index contributed by atoms with van der Waals surface area (Å²) in [4.78, 5) is 27.1. The Balaban J connectivity index is 2.47. The summed E-state index contributed by atoms with van der Waals surface area (Å²) in [6.45, 7) is 0.966. The van der Waals surface area contributed by atoms with Gasteiger partial charge in [0.2, 0.25) is 0 Å². The van der Waals surface area contributed by atoms with Crippen molar-refractivity contribution in [1.29, 1.82) is 0 Å². The molecule has 2 rings (SSSR count). The van der Waals surface area contributed by atoms with Crippen molar-refractivity contribution < 1.29 is 23.8 Å². The number of nitrogens with zero attached hydrogens (tertiary/aromatic N) is 1. The molecule has 0 N–H and O–H groups in total. The molecule has 0 saturated carbocycles. The van der Waals surface area contributed by atoms with Gasteiger partial charge in [0.1, 0.15) is 0 Å². The average molecular weight is 337 g/mol. The van der Waals surface area contributed by atoms with Crippen molar-refractivity contribution >= 4 is 23.3 Å². The molecule has 2 heterocycles. The highest BCUT2D eigenvalue weighted by molar-refractivity contribution is 7.10. The Labute approximate surface area is 138 Å². The van der Waals surface area contributed by atoms with Gasteiger partial charge in [-0.3, -0.25) is 0 Å². The fraction of sp³-hybridized carbons (Fsp3) is 0.375. The van der Waals surface area contributed by atoms with Crippen LogP contribution in [0.3, 0.4) is 0 Å². The monoisotopic (exact) mass is 337 g/mol.